The Morgan fingerprint density at radius 1 is 1.28 bits per heavy atom. The van der Waals surface area contributed by atoms with Gasteiger partial charge in [-0.1, -0.05) is 25.5 Å². The quantitative estimate of drug-likeness (QED) is 0.755. The van der Waals surface area contributed by atoms with Crippen LogP contribution >= 0.6 is 11.6 Å². The minimum absolute atomic E-state index is 0.205. The van der Waals surface area contributed by atoms with Gasteiger partial charge in [-0.3, -0.25) is 0 Å². The SMILES string of the molecule is CCCc1ccc(S(=O)(=O)N(C)CC(C)Cl)cc1. The van der Waals surface area contributed by atoms with Gasteiger partial charge in [0.15, 0.2) is 0 Å². The lowest BCUT2D eigenvalue weighted by molar-refractivity contribution is 0.470. The molecule has 1 atom stereocenters. The van der Waals surface area contributed by atoms with Crippen LogP contribution in [0.1, 0.15) is 25.8 Å². The van der Waals surface area contributed by atoms with Gasteiger partial charge in [0.25, 0.3) is 0 Å². The average molecular weight is 290 g/mol. The monoisotopic (exact) mass is 289 g/mol. The number of alkyl halides is 1. The Morgan fingerprint density at radius 3 is 2.28 bits per heavy atom. The maximum absolute atomic E-state index is 12.2. The van der Waals surface area contributed by atoms with Crippen molar-refractivity contribution >= 4 is 21.6 Å². The molecule has 0 N–H and O–H groups in total. The number of sulfonamides is 1. The highest BCUT2D eigenvalue weighted by atomic mass is 35.5. The number of aryl methyl sites for hydroxylation is 1. The van der Waals surface area contributed by atoms with Crippen LogP contribution in [0.4, 0.5) is 0 Å². The topological polar surface area (TPSA) is 37.4 Å². The van der Waals surface area contributed by atoms with Crippen LogP contribution in [0.15, 0.2) is 29.2 Å². The summed E-state index contributed by atoms with van der Waals surface area (Å²) in [5, 5.41) is -0.205. The predicted octanol–water partition coefficient (Wildman–Crippen LogP) is 2.89. The smallest absolute Gasteiger partial charge is 0.207 e. The van der Waals surface area contributed by atoms with E-state index in [1.807, 2.05) is 12.1 Å². The van der Waals surface area contributed by atoms with Gasteiger partial charge in [-0.25, -0.2) is 8.42 Å². The van der Waals surface area contributed by atoms with E-state index in [4.69, 9.17) is 11.6 Å². The first-order valence-corrected chi connectivity index (χ1v) is 7.95. The zero-order valence-corrected chi connectivity index (χ0v) is 12.6. The minimum atomic E-state index is -3.42. The molecule has 0 radical (unpaired) electrons. The Morgan fingerprint density at radius 2 is 1.83 bits per heavy atom. The van der Waals surface area contributed by atoms with Gasteiger partial charge in [-0.2, -0.15) is 4.31 Å². The summed E-state index contributed by atoms with van der Waals surface area (Å²) in [7, 11) is -1.87. The molecule has 0 bridgehead atoms. The molecule has 3 nitrogen and oxygen atoms in total. The van der Waals surface area contributed by atoms with Crippen molar-refractivity contribution in [3.05, 3.63) is 29.8 Å². The second-order valence-electron chi connectivity index (χ2n) is 4.46. The van der Waals surface area contributed by atoms with Crippen LogP contribution in [0.5, 0.6) is 0 Å². The second kappa shape index (κ2) is 6.55. The zero-order valence-electron chi connectivity index (χ0n) is 11.1. The Labute approximate surface area is 115 Å². The van der Waals surface area contributed by atoms with E-state index in [9.17, 15) is 8.42 Å². The summed E-state index contributed by atoms with van der Waals surface area (Å²) in [6.45, 7) is 4.18. The number of benzene rings is 1. The summed E-state index contributed by atoms with van der Waals surface area (Å²) in [5.74, 6) is 0. The summed E-state index contributed by atoms with van der Waals surface area (Å²) >= 11 is 5.83. The molecule has 0 heterocycles. The average Bonchev–Trinajstić information content (AvgIpc) is 2.29. The Hall–Kier alpha value is -0.580. The van der Waals surface area contributed by atoms with Gasteiger partial charge in [-0.15, -0.1) is 11.6 Å². The number of hydrogen-bond acceptors (Lipinski definition) is 2. The van der Waals surface area contributed by atoms with Crippen LogP contribution in [0.3, 0.4) is 0 Å². The first-order chi connectivity index (χ1) is 8.37. The summed E-state index contributed by atoms with van der Waals surface area (Å²) < 4.78 is 25.7. The molecule has 0 amide bonds. The van der Waals surface area contributed by atoms with Crippen LogP contribution in [0.25, 0.3) is 0 Å². The van der Waals surface area contributed by atoms with E-state index in [0.29, 0.717) is 11.4 Å². The lowest BCUT2D eigenvalue weighted by atomic mass is 10.1. The molecule has 1 aromatic rings. The van der Waals surface area contributed by atoms with E-state index in [1.54, 1.807) is 26.1 Å². The molecule has 102 valence electrons. The van der Waals surface area contributed by atoms with Gasteiger partial charge < -0.3 is 0 Å². The van der Waals surface area contributed by atoms with Gasteiger partial charge in [0.1, 0.15) is 0 Å². The number of nitrogens with zero attached hydrogens (tertiary/aromatic N) is 1. The summed E-state index contributed by atoms with van der Waals surface area (Å²) in [4.78, 5) is 0.321. The van der Waals surface area contributed by atoms with Crippen LogP contribution in [-0.4, -0.2) is 31.7 Å². The van der Waals surface area contributed by atoms with Crippen LogP contribution in [-0.2, 0) is 16.4 Å². The van der Waals surface area contributed by atoms with Crippen LogP contribution in [0, 0.1) is 0 Å². The highest BCUT2D eigenvalue weighted by Gasteiger charge is 2.21. The van der Waals surface area contributed by atoms with Crippen molar-refractivity contribution in [3.8, 4) is 0 Å². The highest BCUT2D eigenvalue weighted by molar-refractivity contribution is 7.89. The van der Waals surface area contributed by atoms with E-state index in [1.165, 1.54) is 4.31 Å². The lowest BCUT2D eigenvalue weighted by Crippen LogP contribution is -2.31. The zero-order chi connectivity index (χ0) is 13.8. The molecular weight excluding hydrogens is 270 g/mol. The molecule has 0 aliphatic heterocycles. The van der Waals surface area contributed by atoms with E-state index in [2.05, 4.69) is 6.92 Å². The van der Waals surface area contributed by atoms with Gasteiger partial charge in [0, 0.05) is 19.0 Å². The Kier molecular flexibility index (Phi) is 5.63. The fraction of sp³-hybridized carbons (Fsp3) is 0.538. The summed E-state index contributed by atoms with van der Waals surface area (Å²) in [6, 6.07) is 7.06. The Balaban J connectivity index is 2.91. The van der Waals surface area contributed by atoms with Gasteiger partial charge in [0.05, 0.1) is 4.90 Å². The normalized spacial score (nSPS) is 13.8. The highest BCUT2D eigenvalue weighted by Crippen LogP contribution is 2.16. The Bertz CT molecular complexity index is 468. The maximum atomic E-state index is 12.2. The van der Waals surface area contributed by atoms with Gasteiger partial charge in [-0.05, 0) is 31.0 Å². The molecule has 1 unspecified atom stereocenters. The fourth-order valence-corrected chi connectivity index (χ4v) is 3.30. The summed E-state index contributed by atoms with van der Waals surface area (Å²) in [6.07, 6.45) is 2.02. The third-order valence-corrected chi connectivity index (χ3v) is 4.65. The van der Waals surface area contributed by atoms with Crippen molar-refractivity contribution < 1.29 is 8.42 Å². The molecular formula is C13H20ClNO2S. The maximum Gasteiger partial charge on any atom is 0.242 e. The van der Waals surface area contributed by atoms with E-state index >= 15 is 0 Å². The van der Waals surface area contributed by atoms with Crippen molar-refractivity contribution in [2.45, 2.75) is 37.0 Å². The molecule has 18 heavy (non-hydrogen) atoms. The van der Waals surface area contributed by atoms with Crippen LogP contribution < -0.4 is 0 Å². The van der Waals surface area contributed by atoms with Crippen molar-refractivity contribution in [2.75, 3.05) is 13.6 Å². The molecule has 1 rings (SSSR count). The van der Waals surface area contributed by atoms with E-state index < -0.39 is 10.0 Å². The molecule has 1 aromatic carbocycles. The van der Waals surface area contributed by atoms with Crippen molar-refractivity contribution in [1.82, 2.24) is 4.31 Å². The van der Waals surface area contributed by atoms with Crippen LogP contribution in [0.2, 0.25) is 0 Å². The first kappa shape index (κ1) is 15.5. The number of rotatable bonds is 6. The second-order valence-corrected chi connectivity index (χ2v) is 7.25. The van der Waals surface area contributed by atoms with E-state index in [0.717, 1.165) is 18.4 Å². The molecule has 0 aliphatic carbocycles. The third-order valence-electron chi connectivity index (χ3n) is 2.68. The van der Waals surface area contributed by atoms with Crippen molar-refractivity contribution in [1.29, 1.82) is 0 Å². The summed E-state index contributed by atoms with van der Waals surface area (Å²) in [5.41, 5.74) is 1.16. The number of hydrogen-bond donors (Lipinski definition) is 0. The molecule has 0 fully saturated rings. The molecule has 0 aliphatic rings. The van der Waals surface area contributed by atoms with Gasteiger partial charge in [0.2, 0.25) is 10.0 Å². The standard InChI is InChI=1S/C13H20ClNO2S/c1-4-5-12-6-8-13(9-7-12)18(16,17)15(3)10-11(2)14/h6-9,11H,4-5,10H2,1-3H3. The third kappa shape index (κ3) is 3.97. The van der Waals surface area contributed by atoms with Crippen molar-refractivity contribution in [2.24, 2.45) is 0 Å². The van der Waals surface area contributed by atoms with Crippen molar-refractivity contribution in [3.63, 3.8) is 0 Å². The molecule has 0 saturated carbocycles. The molecule has 0 spiro atoms. The predicted molar refractivity (Wildman–Crippen MR) is 75.6 cm³/mol. The molecule has 0 aromatic heterocycles. The lowest BCUT2D eigenvalue weighted by Gasteiger charge is -2.18. The molecule has 0 saturated heterocycles. The largest absolute Gasteiger partial charge is 0.242 e. The number of halogens is 1. The van der Waals surface area contributed by atoms with Gasteiger partial charge >= 0.3 is 0 Å². The van der Waals surface area contributed by atoms with E-state index in [-0.39, 0.29) is 5.38 Å². The minimum Gasteiger partial charge on any atom is -0.207 e. The molecule has 5 heteroatoms. The first-order valence-electron chi connectivity index (χ1n) is 6.07. The fourth-order valence-electron chi connectivity index (χ4n) is 1.75.